The van der Waals surface area contributed by atoms with Gasteiger partial charge in [-0.25, -0.2) is 0 Å². The Morgan fingerprint density at radius 3 is 2.61 bits per heavy atom. The number of thioether (sulfide) groups is 1. The highest BCUT2D eigenvalue weighted by Crippen LogP contribution is 2.35. The van der Waals surface area contributed by atoms with Gasteiger partial charge in [0.05, 0.1) is 18.8 Å². The highest BCUT2D eigenvalue weighted by Gasteiger charge is 2.34. The largest absolute Gasteiger partial charge is 0.416 e. The molecule has 1 aromatic rings. The van der Waals surface area contributed by atoms with Crippen LogP contribution in [-0.2, 0) is 17.5 Å². The Kier molecular flexibility index (Phi) is 9.24. The van der Waals surface area contributed by atoms with E-state index in [9.17, 15) is 13.2 Å². The molecule has 2 rings (SSSR count). The maximum atomic E-state index is 13.6. The Labute approximate surface area is 169 Å². The number of aliphatic imine (C=N–C) groups is 1. The topological polar surface area (TPSA) is 48.9 Å². The Morgan fingerprint density at radius 1 is 1.21 bits per heavy atom. The second-order valence-corrected chi connectivity index (χ2v) is 7.48. The van der Waals surface area contributed by atoms with E-state index in [0.717, 1.165) is 25.1 Å². The zero-order chi connectivity index (χ0) is 20.4. The molecule has 1 fully saturated rings. The molecule has 1 aliphatic heterocycles. The minimum atomic E-state index is -4.41. The van der Waals surface area contributed by atoms with Gasteiger partial charge in [0, 0.05) is 38.9 Å². The highest BCUT2D eigenvalue weighted by molar-refractivity contribution is 7.98. The van der Waals surface area contributed by atoms with Crippen molar-refractivity contribution in [1.82, 2.24) is 10.6 Å². The highest BCUT2D eigenvalue weighted by atomic mass is 32.2. The van der Waals surface area contributed by atoms with Gasteiger partial charge in [0.2, 0.25) is 0 Å². The molecule has 0 radical (unpaired) electrons. The van der Waals surface area contributed by atoms with Crippen LogP contribution in [0.15, 0.2) is 23.2 Å². The lowest BCUT2D eigenvalue weighted by atomic mass is 10.0. The van der Waals surface area contributed by atoms with Crippen LogP contribution in [0, 0.1) is 0 Å². The zero-order valence-corrected chi connectivity index (χ0v) is 17.3. The predicted molar refractivity (Wildman–Crippen MR) is 110 cm³/mol. The van der Waals surface area contributed by atoms with Crippen LogP contribution in [0.3, 0.4) is 0 Å². The fraction of sp³-hybridized carbons (Fsp3) is 0.632. The number of unbranched alkanes of at least 4 members (excludes halogenated alkanes) is 1. The predicted octanol–water partition coefficient (Wildman–Crippen LogP) is 3.35. The van der Waals surface area contributed by atoms with Crippen molar-refractivity contribution >= 4 is 23.4 Å². The van der Waals surface area contributed by atoms with E-state index in [2.05, 4.69) is 21.9 Å². The molecule has 0 aliphatic carbocycles. The van der Waals surface area contributed by atoms with Crippen molar-refractivity contribution in [3.63, 3.8) is 0 Å². The molecule has 0 atom stereocenters. The lowest BCUT2D eigenvalue weighted by Crippen LogP contribution is -2.38. The summed E-state index contributed by atoms with van der Waals surface area (Å²) in [6, 6.07) is 4.53. The molecule has 0 spiro atoms. The van der Waals surface area contributed by atoms with Crippen molar-refractivity contribution in [2.45, 2.75) is 25.6 Å². The molecule has 2 N–H and O–H groups in total. The summed E-state index contributed by atoms with van der Waals surface area (Å²) in [5.74, 6) is 1.60. The molecule has 0 amide bonds. The summed E-state index contributed by atoms with van der Waals surface area (Å²) in [6.45, 7) is 3.06. The van der Waals surface area contributed by atoms with Crippen LogP contribution >= 0.6 is 11.8 Å². The van der Waals surface area contributed by atoms with E-state index in [1.165, 1.54) is 6.07 Å². The number of morpholine rings is 1. The Morgan fingerprint density at radius 2 is 1.96 bits per heavy atom. The molecular formula is C19H29F3N4OS. The third-order valence-corrected chi connectivity index (χ3v) is 5.21. The van der Waals surface area contributed by atoms with Gasteiger partial charge < -0.3 is 20.3 Å². The van der Waals surface area contributed by atoms with Crippen LogP contribution in [0.1, 0.15) is 24.0 Å². The summed E-state index contributed by atoms with van der Waals surface area (Å²) < 4.78 is 46.1. The van der Waals surface area contributed by atoms with Crippen molar-refractivity contribution in [2.75, 3.05) is 56.8 Å². The second kappa shape index (κ2) is 11.4. The van der Waals surface area contributed by atoms with Crippen molar-refractivity contribution in [3.05, 3.63) is 29.3 Å². The minimum absolute atomic E-state index is 0.0583. The summed E-state index contributed by atoms with van der Waals surface area (Å²) in [5, 5.41) is 6.13. The molecule has 158 valence electrons. The van der Waals surface area contributed by atoms with Crippen molar-refractivity contribution in [2.24, 2.45) is 4.99 Å². The number of ether oxygens (including phenoxy) is 1. The number of alkyl halides is 3. The first-order valence-corrected chi connectivity index (χ1v) is 10.8. The average Bonchev–Trinajstić information content (AvgIpc) is 2.70. The van der Waals surface area contributed by atoms with Crippen molar-refractivity contribution in [1.29, 1.82) is 0 Å². The fourth-order valence-electron chi connectivity index (χ4n) is 2.98. The first-order chi connectivity index (χ1) is 13.5. The molecule has 0 aromatic heterocycles. The van der Waals surface area contributed by atoms with E-state index < -0.39 is 11.7 Å². The van der Waals surface area contributed by atoms with E-state index in [0.29, 0.717) is 38.0 Å². The molecule has 1 heterocycles. The number of nitrogens with zero attached hydrogens (tertiary/aromatic N) is 2. The van der Waals surface area contributed by atoms with Gasteiger partial charge in [-0.1, -0.05) is 6.07 Å². The molecule has 9 heteroatoms. The molecule has 1 saturated heterocycles. The third-order valence-electron chi connectivity index (χ3n) is 4.51. The first-order valence-electron chi connectivity index (χ1n) is 9.42. The van der Waals surface area contributed by atoms with Crippen LogP contribution in [0.25, 0.3) is 0 Å². The van der Waals surface area contributed by atoms with Gasteiger partial charge in [0.25, 0.3) is 0 Å². The van der Waals surface area contributed by atoms with E-state index >= 15 is 0 Å². The summed E-state index contributed by atoms with van der Waals surface area (Å²) in [4.78, 5) is 6.01. The molecule has 0 saturated carbocycles. The monoisotopic (exact) mass is 418 g/mol. The number of halogens is 3. The van der Waals surface area contributed by atoms with Gasteiger partial charge in [-0.2, -0.15) is 24.9 Å². The number of rotatable bonds is 8. The Bertz CT molecular complexity index is 634. The molecule has 1 aliphatic rings. The zero-order valence-electron chi connectivity index (χ0n) is 16.4. The molecular weight excluding hydrogens is 389 g/mol. The Hall–Kier alpha value is -1.61. The number of anilines is 1. The van der Waals surface area contributed by atoms with Gasteiger partial charge in [-0.3, -0.25) is 4.99 Å². The smallest absolute Gasteiger partial charge is 0.378 e. The van der Waals surface area contributed by atoms with Crippen molar-refractivity contribution in [3.8, 4) is 0 Å². The quantitative estimate of drug-likeness (QED) is 0.385. The maximum Gasteiger partial charge on any atom is 0.416 e. The van der Waals surface area contributed by atoms with Gasteiger partial charge in [-0.15, -0.1) is 0 Å². The summed E-state index contributed by atoms with van der Waals surface area (Å²) in [7, 11) is 1.61. The molecule has 28 heavy (non-hydrogen) atoms. The normalized spacial score (nSPS) is 15.6. The number of hydrogen-bond acceptors (Lipinski definition) is 4. The number of benzene rings is 1. The van der Waals surface area contributed by atoms with Gasteiger partial charge in [-0.05, 0) is 42.5 Å². The molecule has 0 bridgehead atoms. The number of guanidine groups is 1. The molecule has 5 nitrogen and oxygen atoms in total. The number of hydrogen-bond donors (Lipinski definition) is 2. The first kappa shape index (κ1) is 22.7. The average molecular weight is 419 g/mol. The summed E-state index contributed by atoms with van der Waals surface area (Å²) >= 11 is 1.80. The summed E-state index contributed by atoms with van der Waals surface area (Å²) in [6.07, 6.45) is -0.263. The van der Waals surface area contributed by atoms with Gasteiger partial charge >= 0.3 is 6.18 Å². The van der Waals surface area contributed by atoms with E-state index in [1.807, 2.05) is 4.90 Å². The van der Waals surface area contributed by atoms with Crippen LogP contribution in [0.2, 0.25) is 0 Å². The van der Waals surface area contributed by atoms with Crippen LogP contribution < -0.4 is 15.5 Å². The fourth-order valence-corrected chi connectivity index (χ4v) is 3.47. The minimum Gasteiger partial charge on any atom is -0.378 e. The van der Waals surface area contributed by atoms with Crippen molar-refractivity contribution < 1.29 is 17.9 Å². The van der Waals surface area contributed by atoms with Crippen LogP contribution in [-0.4, -0.2) is 57.9 Å². The van der Waals surface area contributed by atoms with Crippen LogP contribution in [0.4, 0.5) is 18.9 Å². The maximum absolute atomic E-state index is 13.6. The second-order valence-electron chi connectivity index (χ2n) is 6.49. The standard InChI is InChI=1S/C19H29F3N4OS/c1-23-18(24-7-3-4-12-28-2)25-14-15-5-6-16(13-17(15)19(20,21)22)26-8-10-27-11-9-26/h5-6,13H,3-4,7-12,14H2,1-2H3,(H2,23,24,25). The summed E-state index contributed by atoms with van der Waals surface area (Å²) in [5.41, 5.74) is 0.171. The SMILES string of the molecule is CN=C(NCCCCSC)NCc1ccc(N2CCOCC2)cc1C(F)(F)F. The van der Waals surface area contributed by atoms with Gasteiger partial charge in [0.1, 0.15) is 0 Å². The van der Waals surface area contributed by atoms with E-state index in [-0.39, 0.29) is 12.1 Å². The van der Waals surface area contributed by atoms with E-state index in [1.54, 1.807) is 30.9 Å². The number of nitrogens with one attached hydrogen (secondary N) is 2. The molecule has 1 aromatic carbocycles. The van der Waals surface area contributed by atoms with Gasteiger partial charge in [0.15, 0.2) is 5.96 Å². The van der Waals surface area contributed by atoms with E-state index in [4.69, 9.17) is 4.74 Å². The molecule has 0 unspecified atom stereocenters. The Balaban J connectivity index is 2.01. The lowest BCUT2D eigenvalue weighted by Gasteiger charge is -2.29. The van der Waals surface area contributed by atoms with Crippen LogP contribution in [0.5, 0.6) is 0 Å². The third kappa shape index (κ3) is 7.09. The lowest BCUT2D eigenvalue weighted by molar-refractivity contribution is -0.138.